The topological polar surface area (TPSA) is 17.1 Å². The maximum absolute atomic E-state index is 11.4. The van der Waals surface area contributed by atoms with Gasteiger partial charge in [-0.15, -0.1) is 0 Å². The van der Waals surface area contributed by atoms with Crippen LogP contribution in [-0.4, -0.2) is 5.78 Å². The second-order valence-corrected chi connectivity index (χ2v) is 4.43. The lowest BCUT2D eigenvalue weighted by Crippen LogP contribution is -2.24. The smallest absolute Gasteiger partial charge is 0.139 e. The summed E-state index contributed by atoms with van der Waals surface area (Å²) in [5.41, 5.74) is 0.324. The predicted octanol–water partition coefficient (Wildman–Crippen LogP) is 2.96. The summed E-state index contributed by atoms with van der Waals surface area (Å²) in [5, 5.41) is 0. The fourth-order valence-corrected chi connectivity index (χ4v) is 1.78. The highest BCUT2D eigenvalue weighted by Gasteiger charge is 2.27. The van der Waals surface area contributed by atoms with E-state index >= 15 is 0 Å². The molecule has 0 spiro atoms. The Bertz CT molecular complexity index is 201. The Morgan fingerprint density at radius 1 is 1.58 bits per heavy atom. The number of allylic oxidation sites excluding steroid dienone is 2. The maximum Gasteiger partial charge on any atom is 0.139 e. The molecule has 1 rings (SSSR count). The van der Waals surface area contributed by atoms with Crippen LogP contribution in [0.25, 0.3) is 0 Å². The summed E-state index contributed by atoms with van der Waals surface area (Å²) in [6.07, 6.45) is 7.04. The number of hydrogen-bond donors (Lipinski definition) is 0. The molecule has 1 aliphatic carbocycles. The van der Waals surface area contributed by atoms with Gasteiger partial charge in [-0.1, -0.05) is 32.9 Å². The lowest BCUT2D eigenvalue weighted by molar-refractivity contribution is -0.122. The molecule has 0 bridgehead atoms. The van der Waals surface area contributed by atoms with E-state index in [2.05, 4.69) is 26.0 Å². The van der Waals surface area contributed by atoms with Gasteiger partial charge >= 0.3 is 0 Å². The highest BCUT2D eigenvalue weighted by molar-refractivity contribution is 5.82. The van der Waals surface area contributed by atoms with E-state index in [1.54, 1.807) is 0 Å². The van der Waals surface area contributed by atoms with Gasteiger partial charge in [0.2, 0.25) is 0 Å². The number of carbonyl (C=O) groups excluding carboxylic acids is 1. The van der Waals surface area contributed by atoms with Crippen molar-refractivity contribution in [1.29, 1.82) is 0 Å². The third-order valence-corrected chi connectivity index (χ3v) is 2.57. The number of ketones is 1. The summed E-state index contributed by atoms with van der Waals surface area (Å²) in [5.74, 6) is 0.581. The minimum atomic E-state index is 0.193. The Kier molecular flexibility index (Phi) is 2.71. The lowest BCUT2D eigenvalue weighted by Gasteiger charge is -2.30. The number of rotatable bonds is 2. The van der Waals surface area contributed by atoms with Crippen LogP contribution in [-0.2, 0) is 4.79 Å². The molecule has 0 fully saturated rings. The Balaban J connectivity index is 2.64. The standard InChI is InChI=1S/C11H18O/c1-4-10(12)9-6-5-7-11(2,3)8-9/h5-6,9H,4,7-8H2,1-3H3. The fourth-order valence-electron chi connectivity index (χ4n) is 1.78. The predicted molar refractivity (Wildman–Crippen MR) is 50.9 cm³/mol. The van der Waals surface area contributed by atoms with Gasteiger partial charge in [-0.2, -0.15) is 0 Å². The van der Waals surface area contributed by atoms with Gasteiger partial charge in [-0.05, 0) is 18.3 Å². The summed E-state index contributed by atoms with van der Waals surface area (Å²) in [6, 6.07) is 0. The van der Waals surface area contributed by atoms with Gasteiger partial charge < -0.3 is 0 Å². The molecule has 0 N–H and O–H groups in total. The van der Waals surface area contributed by atoms with Crippen LogP contribution in [0.2, 0.25) is 0 Å². The van der Waals surface area contributed by atoms with Gasteiger partial charge in [0.1, 0.15) is 5.78 Å². The van der Waals surface area contributed by atoms with E-state index in [9.17, 15) is 4.79 Å². The first-order valence-electron chi connectivity index (χ1n) is 4.74. The van der Waals surface area contributed by atoms with Crippen molar-refractivity contribution >= 4 is 5.78 Å². The molecule has 1 heteroatoms. The maximum atomic E-state index is 11.4. The van der Waals surface area contributed by atoms with Crippen LogP contribution in [0.5, 0.6) is 0 Å². The number of hydrogen-bond acceptors (Lipinski definition) is 1. The van der Waals surface area contributed by atoms with Crippen LogP contribution in [0.15, 0.2) is 12.2 Å². The van der Waals surface area contributed by atoms with Crippen molar-refractivity contribution in [3.8, 4) is 0 Å². The molecule has 1 unspecified atom stereocenters. The van der Waals surface area contributed by atoms with Gasteiger partial charge in [-0.25, -0.2) is 0 Å². The Morgan fingerprint density at radius 2 is 2.25 bits per heavy atom. The van der Waals surface area contributed by atoms with Crippen LogP contribution >= 0.6 is 0 Å². The number of carbonyl (C=O) groups is 1. The first-order valence-corrected chi connectivity index (χ1v) is 4.74. The van der Waals surface area contributed by atoms with Crippen molar-refractivity contribution < 1.29 is 4.79 Å². The highest BCUT2D eigenvalue weighted by atomic mass is 16.1. The van der Waals surface area contributed by atoms with Crippen LogP contribution in [0.3, 0.4) is 0 Å². The van der Waals surface area contributed by atoms with Crippen molar-refractivity contribution in [2.24, 2.45) is 11.3 Å². The van der Waals surface area contributed by atoms with Crippen molar-refractivity contribution in [2.45, 2.75) is 40.0 Å². The van der Waals surface area contributed by atoms with E-state index in [0.717, 1.165) is 12.8 Å². The summed E-state index contributed by atoms with van der Waals surface area (Å²) >= 11 is 0. The Labute approximate surface area is 74.9 Å². The fraction of sp³-hybridized carbons (Fsp3) is 0.727. The van der Waals surface area contributed by atoms with Crippen molar-refractivity contribution in [2.75, 3.05) is 0 Å². The molecule has 0 saturated carbocycles. The molecule has 1 atom stereocenters. The molecule has 0 aromatic heterocycles. The molecule has 0 aliphatic heterocycles. The molecular formula is C11H18O. The third kappa shape index (κ3) is 2.20. The highest BCUT2D eigenvalue weighted by Crippen LogP contribution is 2.34. The zero-order valence-electron chi connectivity index (χ0n) is 8.26. The number of Topliss-reactive ketones (excluding diaryl/α,β-unsaturated/α-hetero) is 1. The lowest BCUT2D eigenvalue weighted by atomic mass is 9.74. The molecule has 0 amide bonds. The SMILES string of the molecule is CCC(=O)C1C=CCC(C)(C)C1. The van der Waals surface area contributed by atoms with E-state index in [-0.39, 0.29) is 5.92 Å². The molecule has 0 radical (unpaired) electrons. The molecule has 0 heterocycles. The molecular weight excluding hydrogens is 148 g/mol. The van der Waals surface area contributed by atoms with E-state index in [4.69, 9.17) is 0 Å². The molecule has 1 aliphatic rings. The zero-order chi connectivity index (χ0) is 9.19. The minimum Gasteiger partial charge on any atom is -0.299 e. The van der Waals surface area contributed by atoms with Gasteiger partial charge in [0, 0.05) is 12.3 Å². The van der Waals surface area contributed by atoms with Crippen molar-refractivity contribution in [1.82, 2.24) is 0 Å². The first-order chi connectivity index (χ1) is 5.55. The molecule has 0 aromatic carbocycles. The molecule has 68 valence electrons. The second-order valence-electron chi connectivity index (χ2n) is 4.43. The first kappa shape index (κ1) is 9.50. The van der Waals surface area contributed by atoms with Crippen LogP contribution in [0, 0.1) is 11.3 Å². The molecule has 1 nitrogen and oxygen atoms in total. The summed E-state index contributed by atoms with van der Waals surface area (Å²) in [7, 11) is 0. The van der Waals surface area contributed by atoms with E-state index in [1.165, 1.54) is 0 Å². The van der Waals surface area contributed by atoms with Gasteiger partial charge in [-0.3, -0.25) is 4.79 Å². The zero-order valence-corrected chi connectivity index (χ0v) is 8.26. The van der Waals surface area contributed by atoms with E-state index < -0.39 is 0 Å². The van der Waals surface area contributed by atoms with Crippen molar-refractivity contribution in [3.63, 3.8) is 0 Å². The minimum absolute atomic E-state index is 0.193. The van der Waals surface area contributed by atoms with E-state index in [1.807, 2.05) is 6.92 Å². The monoisotopic (exact) mass is 166 g/mol. The summed E-state index contributed by atoms with van der Waals surface area (Å²) in [6.45, 7) is 6.40. The molecule has 0 saturated heterocycles. The van der Waals surface area contributed by atoms with Crippen molar-refractivity contribution in [3.05, 3.63) is 12.2 Å². The quantitative estimate of drug-likeness (QED) is 0.576. The average Bonchev–Trinajstić information content (AvgIpc) is 2.01. The summed E-state index contributed by atoms with van der Waals surface area (Å²) in [4.78, 5) is 11.4. The second kappa shape index (κ2) is 3.42. The largest absolute Gasteiger partial charge is 0.299 e. The van der Waals surface area contributed by atoms with Crippen LogP contribution in [0.4, 0.5) is 0 Å². The van der Waals surface area contributed by atoms with Crippen LogP contribution in [0.1, 0.15) is 40.0 Å². The molecule has 12 heavy (non-hydrogen) atoms. The van der Waals surface area contributed by atoms with Gasteiger partial charge in [0.25, 0.3) is 0 Å². The van der Waals surface area contributed by atoms with E-state index in [0.29, 0.717) is 17.6 Å². The van der Waals surface area contributed by atoms with Crippen LogP contribution < -0.4 is 0 Å². The Hall–Kier alpha value is -0.590. The van der Waals surface area contributed by atoms with Gasteiger partial charge in [0.05, 0.1) is 0 Å². The Morgan fingerprint density at radius 3 is 2.75 bits per heavy atom. The summed E-state index contributed by atoms with van der Waals surface area (Å²) < 4.78 is 0. The van der Waals surface area contributed by atoms with Gasteiger partial charge in [0.15, 0.2) is 0 Å². The average molecular weight is 166 g/mol. The normalized spacial score (nSPS) is 27.1. The molecule has 0 aromatic rings. The third-order valence-electron chi connectivity index (χ3n) is 2.57.